The highest BCUT2D eigenvalue weighted by Gasteiger charge is 2.24. The van der Waals surface area contributed by atoms with Gasteiger partial charge in [-0.05, 0) is 49.4 Å². The maximum absolute atomic E-state index is 12.5. The number of fused-ring (bicyclic) bond motifs is 1. The van der Waals surface area contributed by atoms with E-state index in [0.29, 0.717) is 26.9 Å². The first-order chi connectivity index (χ1) is 13.8. The molecule has 0 aliphatic heterocycles. The molecule has 0 N–H and O–H groups in total. The summed E-state index contributed by atoms with van der Waals surface area (Å²) in [5, 5.41) is 0.469. The second-order valence-electron chi connectivity index (χ2n) is 6.11. The smallest absolute Gasteiger partial charge is 0.351 e. The minimum absolute atomic E-state index is 0.208. The van der Waals surface area contributed by atoms with Gasteiger partial charge in [-0.3, -0.25) is 4.79 Å². The highest BCUT2D eigenvalue weighted by molar-refractivity contribution is 9.10. The molecule has 0 aliphatic carbocycles. The number of hydrogen-bond acceptors (Lipinski definition) is 7. The molecule has 0 fully saturated rings. The van der Waals surface area contributed by atoms with Gasteiger partial charge in [-0.2, -0.15) is 0 Å². The maximum Gasteiger partial charge on any atom is 0.351 e. The van der Waals surface area contributed by atoms with Crippen LogP contribution in [-0.4, -0.2) is 32.1 Å². The molecule has 29 heavy (non-hydrogen) atoms. The number of ether oxygens (including phenoxy) is 3. The van der Waals surface area contributed by atoms with Crippen LogP contribution in [0.4, 0.5) is 0 Å². The molecule has 0 radical (unpaired) electrons. The van der Waals surface area contributed by atoms with Gasteiger partial charge in [0, 0.05) is 15.4 Å². The number of benzene rings is 2. The minimum atomic E-state index is -1.09. The number of Topliss-reactive ketones (excluding diaryl/α,β-unsaturated/α-hetero) is 1. The summed E-state index contributed by atoms with van der Waals surface area (Å²) in [4.78, 5) is 37.3. The van der Waals surface area contributed by atoms with Gasteiger partial charge in [-0.1, -0.05) is 15.9 Å². The molecule has 8 heteroatoms. The molecule has 0 bridgehead atoms. The van der Waals surface area contributed by atoms with Crippen molar-refractivity contribution in [2.75, 3.05) is 14.2 Å². The summed E-state index contributed by atoms with van der Waals surface area (Å²) < 4.78 is 21.4. The van der Waals surface area contributed by atoms with E-state index in [9.17, 15) is 14.4 Å². The van der Waals surface area contributed by atoms with Crippen LogP contribution in [0.25, 0.3) is 11.0 Å². The fourth-order valence-corrected chi connectivity index (χ4v) is 3.18. The average Bonchev–Trinajstić information content (AvgIpc) is 2.72. The lowest BCUT2D eigenvalue weighted by atomic mass is 10.1. The van der Waals surface area contributed by atoms with Crippen LogP contribution in [0.15, 0.2) is 56.1 Å². The summed E-state index contributed by atoms with van der Waals surface area (Å²) in [5.41, 5.74) is -0.635. The summed E-state index contributed by atoms with van der Waals surface area (Å²) in [7, 11) is 2.96. The van der Waals surface area contributed by atoms with E-state index < -0.39 is 23.5 Å². The summed E-state index contributed by atoms with van der Waals surface area (Å²) in [6.45, 7) is 1.44. The van der Waals surface area contributed by atoms with Crippen molar-refractivity contribution in [3.63, 3.8) is 0 Å². The van der Waals surface area contributed by atoms with Gasteiger partial charge in [0.25, 0.3) is 0 Å². The zero-order valence-electron chi connectivity index (χ0n) is 15.9. The summed E-state index contributed by atoms with van der Waals surface area (Å²) in [5.74, 6) is -0.416. The lowest BCUT2D eigenvalue weighted by molar-refractivity contribution is 0.0315. The SMILES string of the molecule is COc1ccc(C(=O)C(C)OC(=O)c2cc3cc(Br)cc(OC)c3oc2=O)cc1. The Morgan fingerprint density at radius 2 is 1.72 bits per heavy atom. The van der Waals surface area contributed by atoms with E-state index >= 15 is 0 Å². The van der Waals surface area contributed by atoms with E-state index in [2.05, 4.69) is 15.9 Å². The van der Waals surface area contributed by atoms with Crippen molar-refractivity contribution in [2.45, 2.75) is 13.0 Å². The van der Waals surface area contributed by atoms with Crippen molar-refractivity contribution in [3.8, 4) is 11.5 Å². The van der Waals surface area contributed by atoms with Gasteiger partial charge in [0.2, 0.25) is 5.78 Å². The molecule has 1 aromatic heterocycles. The standard InChI is InChI=1S/C21H17BrO7/c1-11(18(23)12-4-6-15(26-2)7-5-12)28-20(24)16-9-13-8-14(22)10-17(27-3)19(13)29-21(16)25/h4-11H,1-3H3. The predicted octanol–water partition coefficient (Wildman–Crippen LogP) is 4.00. The lowest BCUT2D eigenvalue weighted by Crippen LogP contribution is -2.27. The molecule has 0 saturated heterocycles. The molecule has 0 spiro atoms. The Morgan fingerprint density at radius 1 is 1.03 bits per heavy atom. The Hall–Kier alpha value is -3.13. The van der Waals surface area contributed by atoms with E-state index in [4.69, 9.17) is 18.6 Å². The lowest BCUT2D eigenvalue weighted by Gasteiger charge is -2.13. The zero-order valence-corrected chi connectivity index (χ0v) is 17.4. The summed E-state index contributed by atoms with van der Waals surface area (Å²) in [6, 6.07) is 11.1. The van der Waals surface area contributed by atoms with Crippen LogP contribution in [0, 0.1) is 0 Å². The molecule has 2 aromatic carbocycles. The van der Waals surface area contributed by atoms with Gasteiger partial charge in [0.1, 0.15) is 11.3 Å². The topological polar surface area (TPSA) is 92.0 Å². The number of carbonyl (C=O) groups is 2. The second kappa shape index (κ2) is 8.48. The van der Waals surface area contributed by atoms with Crippen molar-refractivity contribution >= 4 is 38.7 Å². The number of esters is 1. The predicted molar refractivity (Wildman–Crippen MR) is 109 cm³/mol. The van der Waals surface area contributed by atoms with Crippen LogP contribution in [0.5, 0.6) is 11.5 Å². The number of ketones is 1. The van der Waals surface area contributed by atoms with Gasteiger partial charge in [0.05, 0.1) is 14.2 Å². The van der Waals surface area contributed by atoms with Crippen molar-refractivity contribution in [2.24, 2.45) is 0 Å². The Balaban J connectivity index is 1.85. The van der Waals surface area contributed by atoms with Crippen molar-refractivity contribution in [1.29, 1.82) is 0 Å². The van der Waals surface area contributed by atoms with Gasteiger partial charge in [-0.15, -0.1) is 0 Å². The highest BCUT2D eigenvalue weighted by atomic mass is 79.9. The molecule has 150 valence electrons. The largest absolute Gasteiger partial charge is 0.497 e. The Labute approximate surface area is 174 Å². The number of carbonyl (C=O) groups excluding carboxylic acids is 2. The maximum atomic E-state index is 12.5. The van der Waals surface area contributed by atoms with Crippen LogP contribution in [0.1, 0.15) is 27.6 Å². The number of hydrogen-bond donors (Lipinski definition) is 0. The highest BCUT2D eigenvalue weighted by Crippen LogP contribution is 2.29. The van der Waals surface area contributed by atoms with Crippen LogP contribution >= 0.6 is 15.9 Å². The molecular formula is C21H17BrO7. The first kappa shape index (κ1) is 20.6. The Bertz CT molecular complexity index is 1130. The molecule has 3 rings (SSSR count). The van der Waals surface area contributed by atoms with E-state index in [1.54, 1.807) is 36.4 Å². The molecule has 3 aromatic rings. The van der Waals surface area contributed by atoms with Crippen molar-refractivity contribution < 1.29 is 28.2 Å². The van der Waals surface area contributed by atoms with Crippen LogP contribution in [-0.2, 0) is 4.74 Å². The Morgan fingerprint density at radius 3 is 2.34 bits per heavy atom. The normalized spacial score (nSPS) is 11.7. The first-order valence-corrected chi connectivity index (χ1v) is 9.34. The second-order valence-corrected chi connectivity index (χ2v) is 7.03. The number of rotatable bonds is 6. The molecule has 1 heterocycles. The van der Waals surface area contributed by atoms with E-state index in [-0.39, 0.29) is 11.1 Å². The van der Waals surface area contributed by atoms with Crippen molar-refractivity contribution in [3.05, 3.63) is 68.5 Å². The van der Waals surface area contributed by atoms with Crippen LogP contribution < -0.4 is 15.1 Å². The van der Waals surface area contributed by atoms with Gasteiger partial charge >= 0.3 is 11.6 Å². The van der Waals surface area contributed by atoms with Gasteiger partial charge < -0.3 is 18.6 Å². The summed E-state index contributed by atoms with van der Waals surface area (Å²) >= 11 is 3.33. The third-order valence-electron chi connectivity index (χ3n) is 4.23. The quantitative estimate of drug-likeness (QED) is 0.311. The van der Waals surface area contributed by atoms with Gasteiger partial charge in [-0.25, -0.2) is 9.59 Å². The fraction of sp³-hybridized carbons (Fsp3) is 0.190. The van der Waals surface area contributed by atoms with Crippen LogP contribution in [0.3, 0.4) is 0 Å². The van der Waals surface area contributed by atoms with E-state index in [0.717, 1.165) is 0 Å². The molecular weight excluding hydrogens is 444 g/mol. The third kappa shape index (κ3) is 4.32. The molecule has 0 aliphatic rings. The molecule has 1 atom stereocenters. The first-order valence-electron chi connectivity index (χ1n) is 8.54. The van der Waals surface area contributed by atoms with E-state index in [1.165, 1.54) is 27.2 Å². The van der Waals surface area contributed by atoms with Gasteiger partial charge in [0.15, 0.2) is 17.4 Å². The minimum Gasteiger partial charge on any atom is -0.497 e. The molecule has 0 saturated carbocycles. The number of methoxy groups -OCH3 is 2. The fourth-order valence-electron chi connectivity index (χ4n) is 2.73. The van der Waals surface area contributed by atoms with Crippen molar-refractivity contribution in [1.82, 2.24) is 0 Å². The molecule has 7 nitrogen and oxygen atoms in total. The summed E-state index contributed by atoms with van der Waals surface area (Å²) in [6.07, 6.45) is -1.09. The molecule has 0 amide bonds. The zero-order chi connectivity index (χ0) is 21.1. The molecule has 1 unspecified atom stereocenters. The average molecular weight is 461 g/mol. The van der Waals surface area contributed by atoms with E-state index in [1.807, 2.05) is 0 Å². The van der Waals surface area contributed by atoms with Crippen LogP contribution in [0.2, 0.25) is 0 Å². The third-order valence-corrected chi connectivity index (χ3v) is 4.69. The Kier molecular flexibility index (Phi) is 6.03. The number of halogens is 1. The monoisotopic (exact) mass is 460 g/mol.